The number of rotatable bonds is 4. The van der Waals surface area contributed by atoms with E-state index in [-0.39, 0.29) is 11.4 Å². The van der Waals surface area contributed by atoms with Crippen LogP contribution in [0.5, 0.6) is 0 Å². The molecule has 94 valence electrons. The van der Waals surface area contributed by atoms with Gasteiger partial charge in [-0.05, 0) is 38.0 Å². The summed E-state index contributed by atoms with van der Waals surface area (Å²) in [7, 11) is 0. The second kappa shape index (κ2) is 5.41. The average Bonchev–Trinajstić information content (AvgIpc) is 2.32. The van der Waals surface area contributed by atoms with Gasteiger partial charge < -0.3 is 11.1 Å². The highest BCUT2D eigenvalue weighted by atomic mass is 35.5. The van der Waals surface area contributed by atoms with Crippen molar-refractivity contribution in [3.63, 3.8) is 0 Å². The maximum Gasteiger partial charge on any atom is 0.251 e. The van der Waals surface area contributed by atoms with Crippen molar-refractivity contribution in [2.45, 2.75) is 39.2 Å². The molecule has 0 heterocycles. The SMILES string of the molecule is CCC(C)(CC)NC(=O)c1ccc(N)c(Cl)c1. The second-order valence-electron chi connectivity index (χ2n) is 4.46. The molecule has 1 rings (SSSR count). The van der Waals surface area contributed by atoms with Gasteiger partial charge >= 0.3 is 0 Å². The van der Waals surface area contributed by atoms with Crippen LogP contribution in [0.25, 0.3) is 0 Å². The Balaban J connectivity index is 2.86. The van der Waals surface area contributed by atoms with Gasteiger partial charge in [-0.1, -0.05) is 25.4 Å². The van der Waals surface area contributed by atoms with Gasteiger partial charge in [0, 0.05) is 11.1 Å². The zero-order chi connectivity index (χ0) is 13.1. The summed E-state index contributed by atoms with van der Waals surface area (Å²) in [5.74, 6) is -0.113. The lowest BCUT2D eigenvalue weighted by molar-refractivity contribution is 0.0901. The minimum atomic E-state index is -0.176. The highest BCUT2D eigenvalue weighted by Gasteiger charge is 2.22. The zero-order valence-corrected chi connectivity index (χ0v) is 11.3. The van der Waals surface area contributed by atoms with Gasteiger partial charge in [0.25, 0.3) is 5.91 Å². The lowest BCUT2D eigenvalue weighted by Crippen LogP contribution is -2.44. The van der Waals surface area contributed by atoms with Crippen LogP contribution in [0.1, 0.15) is 44.0 Å². The smallest absolute Gasteiger partial charge is 0.251 e. The number of nitrogens with one attached hydrogen (secondary N) is 1. The van der Waals surface area contributed by atoms with E-state index in [9.17, 15) is 4.79 Å². The molecule has 0 aliphatic rings. The van der Waals surface area contributed by atoms with E-state index in [1.807, 2.05) is 6.92 Å². The molecular weight excluding hydrogens is 236 g/mol. The molecule has 0 saturated heterocycles. The van der Waals surface area contributed by atoms with E-state index in [1.165, 1.54) is 0 Å². The van der Waals surface area contributed by atoms with Crippen LogP contribution in [0.3, 0.4) is 0 Å². The van der Waals surface area contributed by atoms with Crippen molar-refractivity contribution in [3.8, 4) is 0 Å². The molecule has 0 fully saturated rings. The van der Waals surface area contributed by atoms with Crippen LogP contribution in [0.4, 0.5) is 5.69 Å². The van der Waals surface area contributed by atoms with Crippen molar-refractivity contribution in [1.82, 2.24) is 5.32 Å². The van der Waals surface area contributed by atoms with Gasteiger partial charge in [-0.25, -0.2) is 0 Å². The van der Waals surface area contributed by atoms with Crippen LogP contribution in [0.2, 0.25) is 5.02 Å². The van der Waals surface area contributed by atoms with Gasteiger partial charge in [0.05, 0.1) is 10.7 Å². The number of hydrogen-bond acceptors (Lipinski definition) is 2. The van der Waals surface area contributed by atoms with Crippen molar-refractivity contribution in [3.05, 3.63) is 28.8 Å². The number of nitrogen functional groups attached to an aromatic ring is 1. The first-order valence-electron chi connectivity index (χ1n) is 5.79. The van der Waals surface area contributed by atoms with Crippen LogP contribution in [0.15, 0.2) is 18.2 Å². The van der Waals surface area contributed by atoms with E-state index in [1.54, 1.807) is 18.2 Å². The predicted octanol–water partition coefficient (Wildman–Crippen LogP) is 3.23. The third-order valence-corrected chi connectivity index (χ3v) is 3.57. The van der Waals surface area contributed by atoms with Gasteiger partial charge in [-0.3, -0.25) is 4.79 Å². The van der Waals surface area contributed by atoms with E-state index in [0.29, 0.717) is 16.3 Å². The van der Waals surface area contributed by atoms with Crippen molar-refractivity contribution in [1.29, 1.82) is 0 Å². The first kappa shape index (κ1) is 13.8. The molecule has 1 amide bonds. The molecule has 0 aliphatic heterocycles. The van der Waals surface area contributed by atoms with Crippen LogP contribution >= 0.6 is 11.6 Å². The summed E-state index contributed by atoms with van der Waals surface area (Å²) in [6, 6.07) is 4.92. The summed E-state index contributed by atoms with van der Waals surface area (Å²) in [6.45, 7) is 6.14. The van der Waals surface area contributed by atoms with E-state index in [4.69, 9.17) is 17.3 Å². The van der Waals surface area contributed by atoms with Gasteiger partial charge in [-0.2, -0.15) is 0 Å². The molecule has 0 saturated carbocycles. The minimum Gasteiger partial charge on any atom is -0.398 e. The number of carbonyl (C=O) groups excluding carboxylic acids is 1. The normalized spacial score (nSPS) is 11.3. The summed E-state index contributed by atoms with van der Waals surface area (Å²) in [4.78, 5) is 12.0. The van der Waals surface area contributed by atoms with Crippen LogP contribution in [0, 0.1) is 0 Å². The van der Waals surface area contributed by atoms with E-state index >= 15 is 0 Å². The molecule has 3 nitrogen and oxygen atoms in total. The fourth-order valence-corrected chi connectivity index (χ4v) is 1.62. The Hall–Kier alpha value is -1.22. The maximum atomic E-state index is 12.0. The van der Waals surface area contributed by atoms with Crippen LogP contribution in [-0.2, 0) is 0 Å². The molecule has 0 aliphatic carbocycles. The molecule has 1 aromatic rings. The molecule has 1 aromatic carbocycles. The third-order valence-electron chi connectivity index (χ3n) is 3.24. The number of nitrogens with two attached hydrogens (primary N) is 1. The summed E-state index contributed by atoms with van der Waals surface area (Å²) in [5, 5.41) is 3.43. The quantitative estimate of drug-likeness (QED) is 0.811. The molecule has 0 bridgehead atoms. The maximum absolute atomic E-state index is 12.0. The number of amides is 1. The lowest BCUT2D eigenvalue weighted by Gasteiger charge is -2.28. The topological polar surface area (TPSA) is 55.1 Å². The number of carbonyl (C=O) groups is 1. The molecule has 17 heavy (non-hydrogen) atoms. The van der Waals surface area contributed by atoms with Crippen molar-refractivity contribution >= 4 is 23.2 Å². The molecule has 4 heteroatoms. The summed E-state index contributed by atoms with van der Waals surface area (Å²) in [5.41, 5.74) is 6.45. The number of benzene rings is 1. The number of anilines is 1. The zero-order valence-electron chi connectivity index (χ0n) is 10.5. The number of hydrogen-bond donors (Lipinski definition) is 2. The highest BCUT2D eigenvalue weighted by molar-refractivity contribution is 6.33. The Kier molecular flexibility index (Phi) is 4.40. The third kappa shape index (κ3) is 3.37. The van der Waals surface area contributed by atoms with Gasteiger partial charge in [0.1, 0.15) is 0 Å². The molecule has 0 atom stereocenters. The molecule has 0 unspecified atom stereocenters. The van der Waals surface area contributed by atoms with Gasteiger partial charge in [-0.15, -0.1) is 0 Å². The highest BCUT2D eigenvalue weighted by Crippen LogP contribution is 2.21. The van der Waals surface area contributed by atoms with Gasteiger partial charge in [0.15, 0.2) is 0 Å². The van der Waals surface area contributed by atoms with Crippen molar-refractivity contribution < 1.29 is 4.79 Å². The lowest BCUT2D eigenvalue weighted by atomic mass is 9.95. The Morgan fingerprint density at radius 1 is 1.41 bits per heavy atom. The molecule has 0 spiro atoms. The molecule has 3 N–H and O–H groups in total. The van der Waals surface area contributed by atoms with Gasteiger partial charge in [0.2, 0.25) is 0 Å². The van der Waals surface area contributed by atoms with Crippen molar-refractivity contribution in [2.24, 2.45) is 0 Å². The standard InChI is InChI=1S/C13H19ClN2O/c1-4-13(3,5-2)16-12(17)9-6-7-11(15)10(14)8-9/h6-8H,4-5,15H2,1-3H3,(H,16,17). The second-order valence-corrected chi connectivity index (χ2v) is 4.87. The Labute approximate surface area is 107 Å². The average molecular weight is 255 g/mol. The molecule has 0 aromatic heterocycles. The summed E-state index contributed by atoms with van der Waals surface area (Å²) >= 11 is 5.89. The Morgan fingerprint density at radius 2 is 2.00 bits per heavy atom. The van der Waals surface area contributed by atoms with E-state index < -0.39 is 0 Å². The fourth-order valence-electron chi connectivity index (χ4n) is 1.44. The molecular formula is C13H19ClN2O. The first-order valence-corrected chi connectivity index (χ1v) is 6.17. The van der Waals surface area contributed by atoms with Crippen molar-refractivity contribution in [2.75, 3.05) is 5.73 Å². The summed E-state index contributed by atoms with van der Waals surface area (Å²) in [6.07, 6.45) is 1.77. The largest absolute Gasteiger partial charge is 0.398 e. The van der Waals surface area contributed by atoms with E-state index in [2.05, 4.69) is 19.2 Å². The predicted molar refractivity (Wildman–Crippen MR) is 72.3 cm³/mol. The Morgan fingerprint density at radius 3 is 2.47 bits per heavy atom. The van der Waals surface area contributed by atoms with E-state index in [0.717, 1.165) is 12.8 Å². The van der Waals surface area contributed by atoms with Crippen LogP contribution in [-0.4, -0.2) is 11.4 Å². The van der Waals surface area contributed by atoms with Crippen LogP contribution < -0.4 is 11.1 Å². The Bertz CT molecular complexity index is 414. The minimum absolute atomic E-state index is 0.113. The fraction of sp³-hybridized carbons (Fsp3) is 0.462. The first-order chi connectivity index (χ1) is 7.91. The molecule has 0 radical (unpaired) electrons. The number of halogens is 1. The summed E-state index contributed by atoms with van der Waals surface area (Å²) < 4.78 is 0. The monoisotopic (exact) mass is 254 g/mol.